The van der Waals surface area contributed by atoms with Gasteiger partial charge in [-0.2, -0.15) is 0 Å². The van der Waals surface area contributed by atoms with Gasteiger partial charge in [0.15, 0.2) is 0 Å². The van der Waals surface area contributed by atoms with Gasteiger partial charge in [-0.1, -0.05) is 44.2 Å². The maximum absolute atomic E-state index is 12.4. The lowest BCUT2D eigenvalue weighted by atomic mass is 10.0. The van der Waals surface area contributed by atoms with Crippen molar-refractivity contribution in [1.82, 2.24) is 4.90 Å². The lowest BCUT2D eigenvalue weighted by Gasteiger charge is -2.22. The van der Waals surface area contributed by atoms with Crippen molar-refractivity contribution in [2.45, 2.75) is 26.8 Å². The van der Waals surface area contributed by atoms with Crippen LogP contribution < -0.4 is 0 Å². The topological polar surface area (TPSA) is 46.6 Å². The van der Waals surface area contributed by atoms with Gasteiger partial charge in [-0.05, 0) is 24.5 Å². The van der Waals surface area contributed by atoms with E-state index in [1.165, 1.54) is 4.90 Å². The van der Waals surface area contributed by atoms with E-state index in [0.29, 0.717) is 5.57 Å². The van der Waals surface area contributed by atoms with Gasteiger partial charge >= 0.3 is 6.09 Å². The molecule has 1 saturated heterocycles. The van der Waals surface area contributed by atoms with Crippen molar-refractivity contribution in [3.05, 3.63) is 41.5 Å². The molecule has 1 fully saturated rings. The molecule has 1 aliphatic heterocycles. The number of hydrogen-bond acceptors (Lipinski definition) is 3. The molecule has 4 heteroatoms. The maximum Gasteiger partial charge on any atom is 0.417 e. The Balaban J connectivity index is 2.22. The van der Waals surface area contributed by atoms with E-state index in [9.17, 15) is 9.59 Å². The summed E-state index contributed by atoms with van der Waals surface area (Å²) >= 11 is 0. The molecule has 0 aromatic heterocycles. The van der Waals surface area contributed by atoms with Crippen molar-refractivity contribution in [2.24, 2.45) is 5.92 Å². The van der Waals surface area contributed by atoms with Crippen LogP contribution in [0.3, 0.4) is 0 Å². The molecule has 0 unspecified atom stereocenters. The Bertz CT molecular complexity index is 534. The van der Waals surface area contributed by atoms with Crippen LogP contribution in [0.4, 0.5) is 4.79 Å². The number of imide groups is 1. The van der Waals surface area contributed by atoms with Gasteiger partial charge in [0, 0.05) is 5.57 Å². The fourth-order valence-electron chi connectivity index (χ4n) is 2.21. The van der Waals surface area contributed by atoms with Crippen LogP contribution >= 0.6 is 0 Å². The van der Waals surface area contributed by atoms with Crippen LogP contribution in [-0.4, -0.2) is 29.5 Å². The zero-order valence-electron chi connectivity index (χ0n) is 12.0. The number of benzene rings is 1. The van der Waals surface area contributed by atoms with Gasteiger partial charge in [0.2, 0.25) is 0 Å². The molecule has 1 atom stereocenters. The molecule has 20 heavy (non-hydrogen) atoms. The first-order valence-electron chi connectivity index (χ1n) is 6.74. The van der Waals surface area contributed by atoms with E-state index >= 15 is 0 Å². The SMILES string of the molecule is C/C(=C/c1ccccc1)C(=O)N1C(=O)OC[C@@H]1C(C)C. The number of cyclic esters (lactones) is 1. The van der Waals surface area contributed by atoms with E-state index in [4.69, 9.17) is 4.74 Å². The van der Waals surface area contributed by atoms with Crippen LogP contribution in [0, 0.1) is 5.92 Å². The number of ether oxygens (including phenoxy) is 1. The Labute approximate surface area is 119 Å². The minimum absolute atomic E-state index is 0.176. The molecular weight excluding hydrogens is 254 g/mol. The Morgan fingerprint density at radius 1 is 1.35 bits per heavy atom. The minimum Gasteiger partial charge on any atom is -0.447 e. The summed E-state index contributed by atoms with van der Waals surface area (Å²) in [5, 5.41) is 0. The number of carbonyl (C=O) groups is 2. The van der Waals surface area contributed by atoms with Crippen LogP contribution in [0.1, 0.15) is 26.3 Å². The fraction of sp³-hybridized carbons (Fsp3) is 0.375. The molecule has 2 rings (SSSR count). The van der Waals surface area contributed by atoms with Crippen LogP contribution in [0.2, 0.25) is 0 Å². The zero-order valence-corrected chi connectivity index (χ0v) is 12.0. The van der Waals surface area contributed by atoms with Crippen molar-refractivity contribution in [1.29, 1.82) is 0 Å². The summed E-state index contributed by atoms with van der Waals surface area (Å²) < 4.78 is 5.00. The Hall–Kier alpha value is -2.10. The van der Waals surface area contributed by atoms with Crippen LogP contribution in [-0.2, 0) is 9.53 Å². The molecule has 0 aliphatic carbocycles. The van der Waals surface area contributed by atoms with Crippen molar-refractivity contribution in [3.63, 3.8) is 0 Å². The lowest BCUT2D eigenvalue weighted by Crippen LogP contribution is -2.42. The number of nitrogens with zero attached hydrogens (tertiary/aromatic N) is 1. The number of amides is 2. The van der Waals surface area contributed by atoms with E-state index in [1.807, 2.05) is 44.2 Å². The monoisotopic (exact) mass is 273 g/mol. The number of rotatable bonds is 3. The summed E-state index contributed by atoms with van der Waals surface area (Å²) in [7, 11) is 0. The molecule has 0 bridgehead atoms. The Kier molecular flexibility index (Phi) is 4.23. The lowest BCUT2D eigenvalue weighted by molar-refractivity contribution is -0.125. The molecule has 0 spiro atoms. The first-order valence-corrected chi connectivity index (χ1v) is 6.74. The van der Waals surface area contributed by atoms with Gasteiger partial charge in [-0.3, -0.25) is 4.79 Å². The molecule has 0 radical (unpaired) electrons. The average Bonchev–Trinajstić information content (AvgIpc) is 2.81. The highest BCUT2D eigenvalue weighted by atomic mass is 16.6. The number of carbonyl (C=O) groups excluding carboxylic acids is 2. The van der Waals surface area contributed by atoms with Crippen molar-refractivity contribution in [3.8, 4) is 0 Å². The number of hydrogen-bond donors (Lipinski definition) is 0. The van der Waals surface area contributed by atoms with E-state index in [-0.39, 0.29) is 24.5 Å². The van der Waals surface area contributed by atoms with Gasteiger partial charge in [0.25, 0.3) is 5.91 Å². The molecule has 1 aromatic carbocycles. The normalized spacial score (nSPS) is 19.4. The van der Waals surface area contributed by atoms with Crippen molar-refractivity contribution >= 4 is 18.1 Å². The maximum atomic E-state index is 12.4. The van der Waals surface area contributed by atoms with E-state index in [0.717, 1.165) is 5.56 Å². The van der Waals surface area contributed by atoms with Gasteiger partial charge in [-0.15, -0.1) is 0 Å². The van der Waals surface area contributed by atoms with E-state index in [2.05, 4.69) is 0 Å². The van der Waals surface area contributed by atoms with Crippen LogP contribution in [0.15, 0.2) is 35.9 Å². The molecule has 1 aromatic rings. The van der Waals surface area contributed by atoms with E-state index in [1.54, 1.807) is 13.0 Å². The largest absolute Gasteiger partial charge is 0.447 e. The third-order valence-electron chi connectivity index (χ3n) is 3.41. The second-order valence-corrected chi connectivity index (χ2v) is 5.30. The van der Waals surface area contributed by atoms with Gasteiger partial charge in [-0.25, -0.2) is 9.69 Å². The summed E-state index contributed by atoms with van der Waals surface area (Å²) in [6.45, 7) is 5.95. The molecule has 106 valence electrons. The third kappa shape index (κ3) is 2.90. The summed E-state index contributed by atoms with van der Waals surface area (Å²) in [6.07, 6.45) is 1.24. The molecule has 0 saturated carbocycles. The highest BCUT2D eigenvalue weighted by Crippen LogP contribution is 2.22. The first-order chi connectivity index (χ1) is 9.50. The van der Waals surface area contributed by atoms with Crippen molar-refractivity contribution in [2.75, 3.05) is 6.61 Å². The summed E-state index contributed by atoms with van der Waals surface area (Å²) in [6, 6.07) is 9.38. The second kappa shape index (κ2) is 5.90. The van der Waals surface area contributed by atoms with E-state index < -0.39 is 6.09 Å². The molecule has 0 N–H and O–H groups in total. The molecule has 1 aliphatic rings. The summed E-state index contributed by atoms with van der Waals surface area (Å²) in [4.78, 5) is 25.4. The second-order valence-electron chi connectivity index (χ2n) is 5.30. The smallest absolute Gasteiger partial charge is 0.417 e. The molecule has 2 amide bonds. The highest BCUT2D eigenvalue weighted by molar-refractivity contribution is 6.05. The zero-order chi connectivity index (χ0) is 14.7. The van der Waals surface area contributed by atoms with Crippen LogP contribution in [0.25, 0.3) is 6.08 Å². The van der Waals surface area contributed by atoms with Crippen LogP contribution in [0.5, 0.6) is 0 Å². The standard InChI is InChI=1S/C16H19NO3/c1-11(2)14-10-20-16(19)17(14)15(18)12(3)9-13-7-5-4-6-8-13/h4-9,11,14H,10H2,1-3H3/b12-9-/t14-/m1/s1. The van der Waals surface area contributed by atoms with Gasteiger partial charge in [0.1, 0.15) is 6.61 Å². The van der Waals surface area contributed by atoms with Gasteiger partial charge in [0.05, 0.1) is 6.04 Å². The summed E-state index contributed by atoms with van der Waals surface area (Å²) in [5.74, 6) is -0.107. The Morgan fingerprint density at radius 2 is 2.00 bits per heavy atom. The molecule has 4 nitrogen and oxygen atoms in total. The van der Waals surface area contributed by atoms with Gasteiger partial charge < -0.3 is 4.74 Å². The molecule has 1 heterocycles. The first kappa shape index (κ1) is 14.3. The highest BCUT2D eigenvalue weighted by Gasteiger charge is 2.39. The predicted molar refractivity (Wildman–Crippen MR) is 76.9 cm³/mol. The predicted octanol–water partition coefficient (Wildman–Crippen LogP) is 3.09. The average molecular weight is 273 g/mol. The molecular formula is C16H19NO3. The Morgan fingerprint density at radius 3 is 2.60 bits per heavy atom. The van der Waals surface area contributed by atoms with Crippen molar-refractivity contribution < 1.29 is 14.3 Å². The third-order valence-corrected chi connectivity index (χ3v) is 3.41. The summed E-state index contributed by atoms with van der Waals surface area (Å²) in [5.41, 5.74) is 1.47. The quantitative estimate of drug-likeness (QED) is 0.795. The minimum atomic E-state index is -0.547. The fourth-order valence-corrected chi connectivity index (χ4v) is 2.21.